The molecule has 0 aromatic carbocycles. The van der Waals surface area contributed by atoms with Crippen molar-refractivity contribution in [2.24, 2.45) is 11.7 Å². The molecule has 3 nitrogen and oxygen atoms in total. The average Bonchev–Trinajstić information content (AvgIpc) is 2.86. The Hall–Kier alpha value is -0.120. The zero-order valence-corrected chi connectivity index (χ0v) is 11.9. The van der Waals surface area contributed by atoms with Crippen LogP contribution in [0.1, 0.15) is 45.4 Å². The van der Waals surface area contributed by atoms with Crippen LogP contribution in [0.3, 0.4) is 0 Å². The van der Waals surface area contributed by atoms with Gasteiger partial charge in [-0.1, -0.05) is 13.3 Å². The van der Waals surface area contributed by atoms with Crippen LogP contribution in [0.15, 0.2) is 0 Å². The Morgan fingerprint density at radius 3 is 2.72 bits per heavy atom. The first-order chi connectivity index (χ1) is 8.78. The van der Waals surface area contributed by atoms with Crippen LogP contribution < -0.4 is 5.73 Å². The Bertz CT molecular complexity index is 281. The average molecular weight is 251 g/mol. The highest BCUT2D eigenvalue weighted by molar-refractivity contribution is 4.94. The molecule has 18 heavy (non-hydrogen) atoms. The second-order valence-electron chi connectivity index (χ2n) is 6.65. The van der Waals surface area contributed by atoms with Crippen molar-refractivity contribution in [3.63, 3.8) is 0 Å². The smallest absolute Gasteiger partial charge is 0.0251 e. The minimum absolute atomic E-state index is 0.431. The lowest BCUT2D eigenvalue weighted by Crippen LogP contribution is -2.59. The summed E-state index contributed by atoms with van der Waals surface area (Å²) in [6.45, 7) is 7.51. The molecule has 1 aliphatic carbocycles. The molecular formula is C15H29N3. The Morgan fingerprint density at radius 1 is 1.06 bits per heavy atom. The molecule has 0 aromatic heterocycles. The van der Waals surface area contributed by atoms with Gasteiger partial charge in [-0.05, 0) is 44.6 Å². The first kappa shape index (κ1) is 12.9. The Labute approximate surface area is 112 Å². The van der Waals surface area contributed by atoms with Crippen molar-refractivity contribution < 1.29 is 0 Å². The predicted molar refractivity (Wildman–Crippen MR) is 75.6 cm³/mol. The quantitative estimate of drug-likeness (QED) is 0.810. The number of hydrogen-bond donors (Lipinski definition) is 1. The Kier molecular flexibility index (Phi) is 3.92. The summed E-state index contributed by atoms with van der Waals surface area (Å²) in [5.41, 5.74) is 6.41. The summed E-state index contributed by atoms with van der Waals surface area (Å²) in [6, 6.07) is 1.94. The van der Waals surface area contributed by atoms with Gasteiger partial charge >= 0.3 is 0 Å². The zero-order valence-electron chi connectivity index (χ0n) is 11.9. The third-order valence-electron chi connectivity index (χ3n) is 5.64. The summed E-state index contributed by atoms with van der Waals surface area (Å²) in [6.07, 6.45) is 8.12. The van der Waals surface area contributed by atoms with E-state index in [2.05, 4.69) is 16.7 Å². The molecule has 0 radical (unpaired) electrons. The Morgan fingerprint density at radius 2 is 1.89 bits per heavy atom. The minimum Gasteiger partial charge on any atom is -0.326 e. The maximum absolute atomic E-state index is 6.41. The van der Waals surface area contributed by atoms with Crippen molar-refractivity contribution in [2.45, 2.75) is 63.6 Å². The monoisotopic (exact) mass is 251 g/mol. The summed E-state index contributed by atoms with van der Waals surface area (Å²) in [5.74, 6) is 0.927. The summed E-state index contributed by atoms with van der Waals surface area (Å²) < 4.78 is 0. The van der Waals surface area contributed by atoms with E-state index in [0.717, 1.165) is 12.0 Å². The number of hydrogen-bond acceptors (Lipinski definition) is 3. The van der Waals surface area contributed by atoms with E-state index in [1.807, 2.05) is 0 Å². The molecule has 3 rings (SSSR count). The molecule has 0 spiro atoms. The van der Waals surface area contributed by atoms with Crippen molar-refractivity contribution >= 4 is 0 Å². The van der Waals surface area contributed by atoms with Gasteiger partial charge in [0.25, 0.3) is 0 Å². The number of fused-ring (bicyclic) bond motifs is 1. The van der Waals surface area contributed by atoms with Crippen LogP contribution in [0.5, 0.6) is 0 Å². The largest absolute Gasteiger partial charge is 0.326 e. The van der Waals surface area contributed by atoms with E-state index in [1.165, 1.54) is 64.7 Å². The van der Waals surface area contributed by atoms with E-state index in [1.54, 1.807) is 0 Å². The molecule has 4 atom stereocenters. The van der Waals surface area contributed by atoms with E-state index >= 15 is 0 Å². The lowest BCUT2D eigenvalue weighted by molar-refractivity contribution is 0.0379. The van der Waals surface area contributed by atoms with Crippen LogP contribution in [-0.2, 0) is 0 Å². The van der Waals surface area contributed by atoms with Crippen molar-refractivity contribution in [3.05, 3.63) is 0 Å². The minimum atomic E-state index is 0.431. The van der Waals surface area contributed by atoms with Gasteiger partial charge in [0, 0.05) is 37.8 Å². The normalized spacial score (nSPS) is 43.0. The van der Waals surface area contributed by atoms with Gasteiger partial charge in [0.1, 0.15) is 0 Å². The molecule has 2 saturated heterocycles. The molecule has 2 N–H and O–H groups in total. The highest BCUT2D eigenvalue weighted by atomic mass is 15.3. The van der Waals surface area contributed by atoms with Gasteiger partial charge in [-0.15, -0.1) is 0 Å². The van der Waals surface area contributed by atoms with Crippen LogP contribution in [0.4, 0.5) is 0 Å². The molecule has 2 aliphatic heterocycles. The first-order valence-corrected chi connectivity index (χ1v) is 8.01. The molecule has 0 bridgehead atoms. The highest BCUT2D eigenvalue weighted by Crippen LogP contribution is 2.31. The van der Waals surface area contributed by atoms with Gasteiger partial charge in [0.15, 0.2) is 0 Å². The van der Waals surface area contributed by atoms with Crippen LogP contribution >= 0.6 is 0 Å². The van der Waals surface area contributed by atoms with E-state index in [4.69, 9.17) is 5.73 Å². The summed E-state index contributed by atoms with van der Waals surface area (Å²) in [4.78, 5) is 5.43. The van der Waals surface area contributed by atoms with Gasteiger partial charge < -0.3 is 5.73 Å². The topological polar surface area (TPSA) is 32.5 Å². The molecule has 2 heterocycles. The molecule has 0 aromatic rings. The molecule has 1 saturated carbocycles. The van der Waals surface area contributed by atoms with Gasteiger partial charge in [-0.3, -0.25) is 9.80 Å². The fraction of sp³-hybridized carbons (Fsp3) is 1.00. The van der Waals surface area contributed by atoms with E-state index < -0.39 is 0 Å². The molecule has 3 heteroatoms. The maximum Gasteiger partial charge on any atom is 0.0251 e. The van der Waals surface area contributed by atoms with E-state index in [9.17, 15) is 0 Å². The standard InChI is InChI=1S/C15H29N3/c1-2-12-5-6-14(16)15(10-12)18-9-8-17-7-3-4-13(17)11-18/h12-15H,2-11,16H2,1H3. The highest BCUT2D eigenvalue weighted by Gasteiger charge is 2.37. The second kappa shape index (κ2) is 5.48. The van der Waals surface area contributed by atoms with Gasteiger partial charge in [-0.2, -0.15) is 0 Å². The summed E-state index contributed by atoms with van der Waals surface area (Å²) in [7, 11) is 0. The number of nitrogens with two attached hydrogens (primary N) is 1. The molecule has 3 fully saturated rings. The van der Waals surface area contributed by atoms with Crippen LogP contribution in [0.2, 0.25) is 0 Å². The van der Waals surface area contributed by atoms with E-state index in [-0.39, 0.29) is 0 Å². The van der Waals surface area contributed by atoms with Crippen molar-refractivity contribution in [2.75, 3.05) is 26.2 Å². The van der Waals surface area contributed by atoms with Crippen molar-refractivity contribution in [3.8, 4) is 0 Å². The number of piperazine rings is 1. The number of rotatable bonds is 2. The molecule has 104 valence electrons. The van der Waals surface area contributed by atoms with E-state index in [0.29, 0.717) is 12.1 Å². The molecular weight excluding hydrogens is 222 g/mol. The third kappa shape index (κ3) is 2.45. The second-order valence-corrected chi connectivity index (χ2v) is 6.65. The van der Waals surface area contributed by atoms with Crippen LogP contribution in [0.25, 0.3) is 0 Å². The predicted octanol–water partition coefficient (Wildman–Crippen LogP) is 1.67. The van der Waals surface area contributed by atoms with Gasteiger partial charge in [-0.25, -0.2) is 0 Å². The lowest BCUT2D eigenvalue weighted by atomic mass is 9.80. The van der Waals surface area contributed by atoms with Crippen LogP contribution in [-0.4, -0.2) is 54.1 Å². The number of nitrogens with zero attached hydrogens (tertiary/aromatic N) is 2. The Balaban J connectivity index is 1.62. The maximum atomic E-state index is 6.41. The fourth-order valence-corrected chi connectivity index (χ4v) is 4.36. The molecule has 0 amide bonds. The van der Waals surface area contributed by atoms with Crippen molar-refractivity contribution in [1.29, 1.82) is 0 Å². The van der Waals surface area contributed by atoms with Gasteiger partial charge in [0.05, 0.1) is 0 Å². The van der Waals surface area contributed by atoms with Crippen LogP contribution in [0, 0.1) is 5.92 Å². The fourth-order valence-electron chi connectivity index (χ4n) is 4.36. The lowest BCUT2D eigenvalue weighted by Gasteiger charge is -2.46. The molecule has 4 unspecified atom stereocenters. The first-order valence-electron chi connectivity index (χ1n) is 8.01. The zero-order chi connectivity index (χ0) is 12.5. The summed E-state index contributed by atoms with van der Waals surface area (Å²) in [5, 5.41) is 0. The SMILES string of the molecule is CCC1CCC(N)C(N2CCN3CCCC3C2)C1. The van der Waals surface area contributed by atoms with Gasteiger partial charge in [0.2, 0.25) is 0 Å². The third-order valence-corrected chi connectivity index (χ3v) is 5.64. The van der Waals surface area contributed by atoms with Crippen molar-refractivity contribution in [1.82, 2.24) is 9.80 Å². The molecule has 3 aliphatic rings. The summed E-state index contributed by atoms with van der Waals surface area (Å²) >= 11 is 0.